The number of rotatable bonds is 8. The second kappa shape index (κ2) is 10.6. The molecule has 1 unspecified atom stereocenters. The van der Waals surface area contributed by atoms with Crippen LogP contribution in [0.25, 0.3) is 0 Å². The molecule has 0 fully saturated rings. The van der Waals surface area contributed by atoms with Crippen LogP contribution in [0.3, 0.4) is 0 Å². The van der Waals surface area contributed by atoms with Crippen molar-refractivity contribution in [2.45, 2.75) is 33.4 Å². The minimum absolute atomic E-state index is 0. The van der Waals surface area contributed by atoms with Crippen molar-refractivity contribution in [2.24, 2.45) is 0 Å². The molecule has 2 aromatic rings. The fourth-order valence-corrected chi connectivity index (χ4v) is 2.72. The van der Waals surface area contributed by atoms with Crippen molar-refractivity contribution in [1.29, 1.82) is 0 Å². The summed E-state index contributed by atoms with van der Waals surface area (Å²) in [5.41, 5.74) is 3.85. The zero-order valence-corrected chi connectivity index (χ0v) is 16.2. The average molecular weight is 368 g/mol. The molecule has 0 radical (unpaired) electrons. The third kappa shape index (κ3) is 6.35. The zero-order chi connectivity index (χ0) is 16.7. The number of benzene rings is 2. The lowest BCUT2D eigenvalue weighted by Crippen LogP contribution is -2.38. The molecule has 2 nitrogen and oxygen atoms in total. The smallest absolute Gasteiger partial charge is 0.119 e. The van der Waals surface area contributed by atoms with Crippen LogP contribution in [0, 0.1) is 13.8 Å². The van der Waals surface area contributed by atoms with E-state index in [0.717, 1.165) is 18.8 Å². The number of nitrogens with zero attached hydrogens (tertiary/aromatic N) is 1. The number of aryl methyl sites for hydroxylation is 2. The molecule has 132 valence electrons. The van der Waals surface area contributed by atoms with Crippen molar-refractivity contribution in [1.82, 2.24) is 4.90 Å². The van der Waals surface area contributed by atoms with Crippen molar-refractivity contribution in [2.75, 3.05) is 19.0 Å². The number of hydrogen-bond acceptors (Lipinski definition) is 2. The van der Waals surface area contributed by atoms with E-state index in [1.807, 2.05) is 12.1 Å². The van der Waals surface area contributed by atoms with Crippen LogP contribution in [0.2, 0.25) is 0 Å². The third-order valence-corrected chi connectivity index (χ3v) is 4.36. The first-order valence-electron chi connectivity index (χ1n) is 8.14. The van der Waals surface area contributed by atoms with Crippen molar-refractivity contribution in [3.63, 3.8) is 0 Å². The summed E-state index contributed by atoms with van der Waals surface area (Å²) in [6.07, 6.45) is 0. The van der Waals surface area contributed by atoms with Gasteiger partial charge in [0.05, 0.1) is 0 Å². The Morgan fingerprint density at radius 1 is 1.04 bits per heavy atom. The summed E-state index contributed by atoms with van der Waals surface area (Å²) < 4.78 is 5.98. The van der Waals surface area contributed by atoms with Crippen LogP contribution in [-0.4, -0.2) is 30.0 Å². The van der Waals surface area contributed by atoms with E-state index in [-0.39, 0.29) is 12.4 Å². The van der Waals surface area contributed by atoms with Gasteiger partial charge in [-0.3, -0.25) is 4.90 Å². The highest BCUT2D eigenvalue weighted by Gasteiger charge is 2.14. The maximum Gasteiger partial charge on any atom is 0.119 e. The lowest BCUT2D eigenvalue weighted by molar-refractivity contribution is 0.146. The Hall–Kier alpha value is -1.22. The van der Waals surface area contributed by atoms with Gasteiger partial charge in [-0.1, -0.05) is 36.4 Å². The third-order valence-electron chi connectivity index (χ3n) is 4.19. The van der Waals surface area contributed by atoms with Gasteiger partial charge in [0.2, 0.25) is 0 Å². The first kappa shape index (κ1) is 20.8. The fourth-order valence-electron chi connectivity index (χ4n) is 2.51. The summed E-state index contributed by atoms with van der Waals surface area (Å²) in [5, 5.41) is 0. The predicted molar refractivity (Wildman–Crippen MR) is 106 cm³/mol. The van der Waals surface area contributed by atoms with Gasteiger partial charge >= 0.3 is 0 Å². The Bertz CT molecular complexity index is 604. The molecule has 1 atom stereocenters. The van der Waals surface area contributed by atoms with Crippen LogP contribution in [0.1, 0.15) is 23.6 Å². The number of hydrogen-bond donors (Lipinski definition) is 0. The highest BCUT2D eigenvalue weighted by Crippen LogP contribution is 2.17. The summed E-state index contributed by atoms with van der Waals surface area (Å²) >= 11 is 5.98. The summed E-state index contributed by atoms with van der Waals surface area (Å²) in [7, 11) is 0. The summed E-state index contributed by atoms with van der Waals surface area (Å²) in [5.74, 6) is 1.56. The van der Waals surface area contributed by atoms with E-state index in [1.165, 1.54) is 16.7 Å². The molecule has 0 aliphatic rings. The largest absolute Gasteiger partial charge is 0.492 e. The quantitative estimate of drug-likeness (QED) is 0.592. The maximum absolute atomic E-state index is 5.98. The number of alkyl halides is 1. The molecule has 0 saturated heterocycles. The molecule has 4 heteroatoms. The van der Waals surface area contributed by atoms with Crippen LogP contribution < -0.4 is 4.74 Å². The van der Waals surface area contributed by atoms with Gasteiger partial charge in [0.1, 0.15) is 12.4 Å². The second-order valence-electron chi connectivity index (χ2n) is 6.05. The Morgan fingerprint density at radius 3 is 2.38 bits per heavy atom. The van der Waals surface area contributed by atoms with Crippen molar-refractivity contribution in [3.05, 3.63) is 65.2 Å². The van der Waals surface area contributed by atoms with Gasteiger partial charge in [-0.15, -0.1) is 24.0 Å². The molecule has 0 bridgehead atoms. The lowest BCUT2D eigenvalue weighted by atomic mass is 10.1. The molecule has 24 heavy (non-hydrogen) atoms. The molecular formula is C20H27Cl2NO. The number of ether oxygens (including phenoxy) is 1. The monoisotopic (exact) mass is 367 g/mol. The van der Waals surface area contributed by atoms with Crippen LogP contribution >= 0.6 is 24.0 Å². The second-order valence-corrected chi connectivity index (χ2v) is 6.43. The molecule has 0 aliphatic heterocycles. The first-order valence-corrected chi connectivity index (χ1v) is 8.67. The van der Waals surface area contributed by atoms with Crippen LogP contribution in [0.4, 0.5) is 0 Å². The molecule has 0 N–H and O–H groups in total. The van der Waals surface area contributed by atoms with E-state index < -0.39 is 0 Å². The minimum atomic E-state index is 0. The molecule has 0 heterocycles. The molecule has 0 saturated carbocycles. The molecule has 0 aromatic heterocycles. The van der Waals surface area contributed by atoms with Crippen LogP contribution in [-0.2, 0) is 6.54 Å². The van der Waals surface area contributed by atoms with E-state index >= 15 is 0 Å². The zero-order valence-electron chi connectivity index (χ0n) is 14.7. The standard InChI is InChI=1S/C20H26ClNO.ClH/c1-16-9-10-20(13-17(16)2)23-15-18(3)22(12-11-21)14-19-7-5-4-6-8-19;/h4-10,13,18H,11-12,14-15H2,1-3H3;1H. The minimum Gasteiger partial charge on any atom is -0.492 e. The molecule has 2 rings (SSSR count). The molecule has 2 aromatic carbocycles. The van der Waals surface area contributed by atoms with Crippen LogP contribution in [0.15, 0.2) is 48.5 Å². The normalized spacial score (nSPS) is 11.9. The van der Waals surface area contributed by atoms with E-state index in [4.69, 9.17) is 16.3 Å². The van der Waals surface area contributed by atoms with E-state index in [9.17, 15) is 0 Å². The molecule has 0 amide bonds. The van der Waals surface area contributed by atoms with E-state index in [2.05, 4.69) is 62.1 Å². The van der Waals surface area contributed by atoms with E-state index in [0.29, 0.717) is 18.5 Å². The van der Waals surface area contributed by atoms with Gasteiger partial charge in [-0.2, -0.15) is 0 Å². The maximum atomic E-state index is 5.98. The summed E-state index contributed by atoms with van der Waals surface area (Å²) in [6.45, 7) is 8.83. The summed E-state index contributed by atoms with van der Waals surface area (Å²) in [6, 6.07) is 17.0. The van der Waals surface area contributed by atoms with Gasteiger partial charge in [0, 0.05) is 25.0 Å². The Balaban J connectivity index is 0.00000288. The van der Waals surface area contributed by atoms with Gasteiger partial charge in [-0.25, -0.2) is 0 Å². The van der Waals surface area contributed by atoms with Gasteiger partial charge in [-0.05, 0) is 49.6 Å². The Morgan fingerprint density at radius 2 is 1.75 bits per heavy atom. The molecule has 0 aliphatic carbocycles. The lowest BCUT2D eigenvalue weighted by Gasteiger charge is -2.28. The topological polar surface area (TPSA) is 12.5 Å². The van der Waals surface area contributed by atoms with Crippen LogP contribution in [0.5, 0.6) is 5.75 Å². The molecular weight excluding hydrogens is 341 g/mol. The average Bonchev–Trinajstić information content (AvgIpc) is 2.56. The highest BCUT2D eigenvalue weighted by atomic mass is 35.5. The van der Waals surface area contributed by atoms with Gasteiger partial charge < -0.3 is 4.74 Å². The fraction of sp³-hybridized carbons (Fsp3) is 0.400. The SMILES string of the molecule is Cc1ccc(OCC(C)N(CCCl)Cc2ccccc2)cc1C.Cl. The molecule has 0 spiro atoms. The Labute approximate surface area is 157 Å². The predicted octanol–water partition coefficient (Wildman–Crippen LogP) is 5.23. The van der Waals surface area contributed by atoms with Crippen molar-refractivity contribution >= 4 is 24.0 Å². The van der Waals surface area contributed by atoms with Crippen molar-refractivity contribution < 1.29 is 4.74 Å². The van der Waals surface area contributed by atoms with Crippen molar-refractivity contribution in [3.8, 4) is 5.75 Å². The van der Waals surface area contributed by atoms with E-state index in [1.54, 1.807) is 0 Å². The Kier molecular flexibility index (Phi) is 9.20. The van der Waals surface area contributed by atoms with Gasteiger partial charge in [0.15, 0.2) is 0 Å². The number of halogens is 2. The van der Waals surface area contributed by atoms with Gasteiger partial charge in [0.25, 0.3) is 0 Å². The highest BCUT2D eigenvalue weighted by molar-refractivity contribution is 6.18. The summed E-state index contributed by atoms with van der Waals surface area (Å²) in [4.78, 5) is 2.36. The first-order chi connectivity index (χ1) is 11.1.